The number of amides is 1. The predicted molar refractivity (Wildman–Crippen MR) is 106 cm³/mol. The Balaban J connectivity index is 1.47. The molecule has 2 saturated heterocycles. The highest BCUT2D eigenvalue weighted by Crippen LogP contribution is 2.28. The maximum Gasteiger partial charge on any atom is 0.255 e. The molecule has 30 heavy (non-hydrogen) atoms. The van der Waals surface area contributed by atoms with Crippen molar-refractivity contribution >= 4 is 5.91 Å². The standard InChI is InChI=1S/C22H20FN3O4/c23-14-8-6-13(7-9-14)19-16(10-26(25-19)15-4-2-1-3-5-15)22(28)24-17-11-29-21-18(27)12-30-20(17)21/h1-10,17-18,20-21,27H,11-12H2,(H,24,28)/t17-,18-,20-,21-/m1/s1. The first-order chi connectivity index (χ1) is 14.6. The van der Waals surface area contributed by atoms with Crippen molar-refractivity contribution in [3.05, 3.63) is 72.2 Å². The summed E-state index contributed by atoms with van der Waals surface area (Å²) in [5, 5.41) is 17.4. The Morgan fingerprint density at radius 2 is 1.80 bits per heavy atom. The fourth-order valence-corrected chi connectivity index (χ4v) is 3.92. The van der Waals surface area contributed by atoms with Crippen molar-refractivity contribution in [3.8, 4) is 16.9 Å². The molecule has 4 atom stereocenters. The molecule has 0 unspecified atom stereocenters. The van der Waals surface area contributed by atoms with Crippen molar-refractivity contribution in [1.29, 1.82) is 0 Å². The van der Waals surface area contributed by atoms with Gasteiger partial charge in [-0.05, 0) is 36.4 Å². The summed E-state index contributed by atoms with van der Waals surface area (Å²) in [5.74, 6) is -0.700. The molecule has 2 fully saturated rings. The molecule has 1 aromatic heterocycles. The lowest BCUT2D eigenvalue weighted by atomic mass is 10.1. The summed E-state index contributed by atoms with van der Waals surface area (Å²) in [5.41, 5.74) is 2.22. The molecule has 2 aliphatic heterocycles. The molecule has 3 heterocycles. The van der Waals surface area contributed by atoms with Crippen LogP contribution < -0.4 is 5.32 Å². The lowest BCUT2D eigenvalue weighted by molar-refractivity contribution is 0.0178. The Labute approximate surface area is 172 Å². The van der Waals surface area contributed by atoms with Crippen LogP contribution in [0.1, 0.15) is 10.4 Å². The molecule has 0 radical (unpaired) electrons. The number of nitrogens with zero attached hydrogens (tertiary/aromatic N) is 2. The molecule has 154 valence electrons. The van der Waals surface area contributed by atoms with E-state index in [1.54, 1.807) is 23.0 Å². The summed E-state index contributed by atoms with van der Waals surface area (Å²) in [6.45, 7) is 0.450. The molecule has 0 bridgehead atoms. The second kappa shape index (κ2) is 7.64. The van der Waals surface area contributed by atoms with Gasteiger partial charge in [-0.25, -0.2) is 9.07 Å². The van der Waals surface area contributed by atoms with Crippen LogP contribution in [0.5, 0.6) is 0 Å². The Morgan fingerprint density at radius 1 is 1.07 bits per heavy atom. The zero-order chi connectivity index (χ0) is 20.7. The van der Waals surface area contributed by atoms with Gasteiger partial charge in [0.15, 0.2) is 0 Å². The van der Waals surface area contributed by atoms with Gasteiger partial charge in [0.1, 0.15) is 29.8 Å². The highest BCUT2D eigenvalue weighted by Gasteiger charge is 2.47. The molecule has 2 N–H and O–H groups in total. The smallest absolute Gasteiger partial charge is 0.255 e. The molecule has 0 spiro atoms. The van der Waals surface area contributed by atoms with Crippen LogP contribution >= 0.6 is 0 Å². The largest absolute Gasteiger partial charge is 0.388 e. The molecule has 8 heteroatoms. The number of nitrogens with one attached hydrogen (secondary N) is 1. The van der Waals surface area contributed by atoms with Crippen molar-refractivity contribution in [2.45, 2.75) is 24.4 Å². The van der Waals surface area contributed by atoms with Gasteiger partial charge in [-0.2, -0.15) is 5.10 Å². The monoisotopic (exact) mass is 409 g/mol. The average Bonchev–Trinajstić information content (AvgIpc) is 3.47. The minimum absolute atomic E-state index is 0.189. The number of carbonyl (C=O) groups is 1. The predicted octanol–water partition coefficient (Wildman–Crippen LogP) is 1.94. The van der Waals surface area contributed by atoms with E-state index in [1.165, 1.54) is 12.1 Å². The van der Waals surface area contributed by atoms with Gasteiger partial charge in [-0.3, -0.25) is 4.79 Å². The molecule has 2 aliphatic rings. The summed E-state index contributed by atoms with van der Waals surface area (Å²) >= 11 is 0. The molecule has 0 saturated carbocycles. The first kappa shape index (κ1) is 18.9. The Bertz CT molecular complexity index is 1050. The normalized spacial score (nSPS) is 25.3. The number of aromatic nitrogens is 2. The van der Waals surface area contributed by atoms with Gasteiger partial charge < -0.3 is 19.9 Å². The third-order valence-electron chi connectivity index (χ3n) is 5.44. The number of carbonyl (C=O) groups excluding carboxylic acids is 1. The van der Waals surface area contributed by atoms with Crippen LogP contribution in [0.2, 0.25) is 0 Å². The van der Waals surface area contributed by atoms with E-state index in [9.17, 15) is 14.3 Å². The molecule has 5 rings (SSSR count). The number of ether oxygens (including phenoxy) is 2. The summed E-state index contributed by atoms with van der Waals surface area (Å²) in [7, 11) is 0. The third kappa shape index (κ3) is 3.39. The highest BCUT2D eigenvalue weighted by molar-refractivity contribution is 6.00. The van der Waals surface area contributed by atoms with E-state index in [0.717, 1.165) is 5.69 Å². The molecule has 2 aromatic carbocycles. The topological polar surface area (TPSA) is 85.6 Å². The van der Waals surface area contributed by atoms with Gasteiger partial charge in [0.25, 0.3) is 5.91 Å². The van der Waals surface area contributed by atoms with E-state index in [-0.39, 0.29) is 37.1 Å². The first-order valence-corrected chi connectivity index (χ1v) is 9.73. The summed E-state index contributed by atoms with van der Waals surface area (Å²) in [4.78, 5) is 13.2. The van der Waals surface area contributed by atoms with E-state index in [0.29, 0.717) is 16.8 Å². The number of para-hydroxylation sites is 1. The number of fused-ring (bicyclic) bond motifs is 1. The summed E-state index contributed by atoms with van der Waals surface area (Å²) in [6.07, 6.45) is 0.148. The van der Waals surface area contributed by atoms with Crippen LogP contribution in [0.4, 0.5) is 4.39 Å². The Hall–Kier alpha value is -3.07. The zero-order valence-electron chi connectivity index (χ0n) is 15.9. The van der Waals surface area contributed by atoms with Gasteiger partial charge in [-0.15, -0.1) is 0 Å². The minimum atomic E-state index is -0.687. The van der Waals surface area contributed by atoms with E-state index in [4.69, 9.17) is 9.47 Å². The van der Waals surface area contributed by atoms with Gasteiger partial charge in [0.2, 0.25) is 0 Å². The fraction of sp³-hybridized carbons (Fsp3) is 0.273. The van der Waals surface area contributed by atoms with Crippen LogP contribution in [0.3, 0.4) is 0 Å². The molecular formula is C22H20FN3O4. The second-order valence-electron chi connectivity index (χ2n) is 7.42. The lowest BCUT2D eigenvalue weighted by Gasteiger charge is -2.17. The average molecular weight is 409 g/mol. The van der Waals surface area contributed by atoms with Crippen LogP contribution in [0.15, 0.2) is 60.8 Å². The number of benzene rings is 2. The van der Waals surface area contributed by atoms with Gasteiger partial charge >= 0.3 is 0 Å². The third-order valence-corrected chi connectivity index (χ3v) is 5.44. The molecule has 7 nitrogen and oxygen atoms in total. The van der Waals surface area contributed by atoms with Crippen LogP contribution in [0, 0.1) is 5.82 Å². The van der Waals surface area contributed by atoms with Crippen molar-refractivity contribution in [3.63, 3.8) is 0 Å². The first-order valence-electron chi connectivity index (χ1n) is 9.73. The molecular weight excluding hydrogens is 389 g/mol. The quantitative estimate of drug-likeness (QED) is 0.688. The van der Waals surface area contributed by atoms with Gasteiger partial charge in [-0.1, -0.05) is 18.2 Å². The second-order valence-corrected chi connectivity index (χ2v) is 7.42. The van der Waals surface area contributed by atoms with Crippen molar-refractivity contribution in [2.24, 2.45) is 0 Å². The number of hydrogen-bond acceptors (Lipinski definition) is 5. The number of aliphatic hydroxyl groups is 1. The molecule has 1 amide bonds. The molecule has 0 aliphatic carbocycles. The summed E-state index contributed by atoms with van der Waals surface area (Å²) < 4.78 is 26.2. The summed E-state index contributed by atoms with van der Waals surface area (Å²) in [6, 6.07) is 14.9. The lowest BCUT2D eigenvalue weighted by Crippen LogP contribution is -2.44. The van der Waals surface area contributed by atoms with Gasteiger partial charge in [0.05, 0.1) is 30.5 Å². The number of rotatable bonds is 4. The number of aliphatic hydroxyl groups excluding tert-OH is 1. The minimum Gasteiger partial charge on any atom is -0.388 e. The van der Waals surface area contributed by atoms with Crippen molar-refractivity contribution in [1.82, 2.24) is 15.1 Å². The van der Waals surface area contributed by atoms with E-state index in [1.807, 2.05) is 30.3 Å². The zero-order valence-corrected chi connectivity index (χ0v) is 15.9. The van der Waals surface area contributed by atoms with Gasteiger partial charge in [0, 0.05) is 11.8 Å². The number of halogens is 1. The van der Waals surface area contributed by atoms with E-state index >= 15 is 0 Å². The Morgan fingerprint density at radius 3 is 2.57 bits per heavy atom. The van der Waals surface area contributed by atoms with Crippen molar-refractivity contribution < 1.29 is 23.8 Å². The maximum atomic E-state index is 13.4. The molecule has 3 aromatic rings. The fourth-order valence-electron chi connectivity index (χ4n) is 3.92. The SMILES string of the molecule is O=C(N[C@@H]1CO[C@H]2[C@@H]1OC[C@H]2O)c1cn(-c2ccccc2)nc1-c1ccc(F)cc1. The van der Waals surface area contributed by atoms with Crippen LogP contribution in [-0.2, 0) is 9.47 Å². The maximum absolute atomic E-state index is 13.4. The number of hydrogen-bond donors (Lipinski definition) is 2. The highest BCUT2D eigenvalue weighted by atomic mass is 19.1. The van der Waals surface area contributed by atoms with Crippen LogP contribution in [-0.4, -0.2) is 58.4 Å². The Kier molecular flexibility index (Phi) is 4.82. The van der Waals surface area contributed by atoms with Crippen molar-refractivity contribution in [2.75, 3.05) is 13.2 Å². The van der Waals surface area contributed by atoms with E-state index in [2.05, 4.69) is 10.4 Å². The van der Waals surface area contributed by atoms with E-state index < -0.39 is 12.2 Å². The van der Waals surface area contributed by atoms with Crippen LogP contribution in [0.25, 0.3) is 16.9 Å².